The third-order valence-electron chi connectivity index (χ3n) is 3.18. The molecule has 0 N–H and O–H groups in total. The average Bonchev–Trinajstić information content (AvgIpc) is 2.73. The van der Waals surface area contributed by atoms with Gasteiger partial charge in [0, 0.05) is 0 Å². The maximum atomic E-state index is 2.35. The van der Waals surface area contributed by atoms with Gasteiger partial charge in [-0.2, -0.15) is 0 Å². The van der Waals surface area contributed by atoms with Crippen molar-refractivity contribution in [1.82, 2.24) is 0 Å². The number of rotatable bonds is 2. The molecule has 2 aliphatic carbocycles. The summed E-state index contributed by atoms with van der Waals surface area (Å²) in [7, 11) is 0. The molecule has 74 valence electrons. The van der Waals surface area contributed by atoms with E-state index in [2.05, 4.69) is 39.0 Å². The molecule has 0 aromatic rings. The summed E-state index contributed by atoms with van der Waals surface area (Å²) in [6.07, 6.45) is 9.41. The normalized spacial score (nSPS) is 20.6. The molecule has 0 unspecified atom stereocenters. The van der Waals surface area contributed by atoms with E-state index in [9.17, 15) is 0 Å². The van der Waals surface area contributed by atoms with E-state index >= 15 is 0 Å². The summed E-state index contributed by atoms with van der Waals surface area (Å²) in [5, 5.41) is 0. The molecule has 0 atom stereocenters. The fourth-order valence-corrected chi connectivity index (χ4v) is 7.39. The molecule has 0 nitrogen and oxygen atoms in total. The van der Waals surface area contributed by atoms with Crippen molar-refractivity contribution in [2.75, 3.05) is 0 Å². The molecule has 0 aromatic carbocycles. The molecule has 0 fully saturated rings. The Balaban J connectivity index is 0.00000112. The quantitative estimate of drug-likeness (QED) is 0.655. The van der Waals surface area contributed by atoms with Gasteiger partial charge in [-0.3, -0.25) is 0 Å². The molecule has 0 amide bonds. The molecule has 0 spiro atoms. The van der Waals surface area contributed by atoms with Crippen LogP contribution in [0.1, 0.15) is 36.5 Å². The summed E-state index contributed by atoms with van der Waals surface area (Å²) >= 11 is -0.630. The van der Waals surface area contributed by atoms with E-state index in [0.29, 0.717) is 0 Å². The predicted octanol–water partition coefficient (Wildman–Crippen LogP) is 4.15. The van der Waals surface area contributed by atoms with Crippen LogP contribution in [0.4, 0.5) is 0 Å². The average molecular weight is 353 g/mol. The van der Waals surface area contributed by atoms with Gasteiger partial charge in [-0.15, -0.1) is 0 Å². The number of hydrogen-bond donors (Lipinski definition) is 0. The minimum atomic E-state index is -0.630. The standard InChI is InChI=1S/C8H11.C5H5.Hf.2H/c1-6-4-5-7(2)8(6)3;1-2-4-5-3-1;;;/h4H2,1-3H3;1-3H,4H2;;;/q;;+2;2*-1. The van der Waals surface area contributed by atoms with Gasteiger partial charge in [-0.05, 0) is 0 Å². The second-order valence-electron chi connectivity index (χ2n) is 4.13. The Morgan fingerprint density at radius 1 is 1.21 bits per heavy atom. The maximum Gasteiger partial charge on any atom is -1.00 e. The summed E-state index contributed by atoms with van der Waals surface area (Å²) in [4.78, 5) is 0. The first-order chi connectivity index (χ1) is 6.68. The minimum absolute atomic E-state index is 0. The van der Waals surface area contributed by atoms with Gasteiger partial charge in [0.2, 0.25) is 0 Å². The SMILES string of the molecule is CC1=C(C)C(C)=[C]([Hf+2][C]2=CC=CC2)C1.[H-].[H-]. The van der Waals surface area contributed by atoms with E-state index in [1.54, 1.807) is 20.0 Å². The number of allylic oxidation sites excluding steroid dienone is 8. The Kier molecular flexibility index (Phi) is 3.06. The van der Waals surface area contributed by atoms with Crippen LogP contribution in [0.15, 0.2) is 41.6 Å². The summed E-state index contributed by atoms with van der Waals surface area (Å²) in [5.74, 6) is 0. The molecule has 0 heterocycles. The fraction of sp³-hybridized carbons (Fsp3) is 0.385. The molecule has 0 saturated carbocycles. The van der Waals surface area contributed by atoms with Gasteiger partial charge in [0.05, 0.1) is 0 Å². The van der Waals surface area contributed by atoms with E-state index in [4.69, 9.17) is 0 Å². The second-order valence-corrected chi connectivity index (χ2v) is 9.51. The second kappa shape index (κ2) is 4.14. The van der Waals surface area contributed by atoms with Gasteiger partial charge in [-0.1, -0.05) is 0 Å². The maximum absolute atomic E-state index is 2.35. The minimum Gasteiger partial charge on any atom is -1.00 e. The first kappa shape index (κ1) is 10.4. The van der Waals surface area contributed by atoms with E-state index in [1.165, 1.54) is 12.8 Å². The summed E-state index contributed by atoms with van der Waals surface area (Å²) in [5.41, 5.74) is 4.80. The summed E-state index contributed by atoms with van der Waals surface area (Å²) < 4.78 is 3.59. The van der Waals surface area contributed by atoms with E-state index in [-0.39, 0.29) is 2.85 Å². The van der Waals surface area contributed by atoms with Gasteiger partial charge in [-0.25, -0.2) is 0 Å². The predicted molar refractivity (Wildman–Crippen MR) is 59.8 cm³/mol. The molecule has 0 aliphatic heterocycles. The van der Waals surface area contributed by atoms with Crippen molar-refractivity contribution in [3.63, 3.8) is 0 Å². The Morgan fingerprint density at radius 2 is 2.00 bits per heavy atom. The zero-order chi connectivity index (χ0) is 10.1. The third kappa shape index (κ3) is 1.93. The molecule has 1 heteroatoms. The molecular weight excluding hydrogens is 335 g/mol. The zero-order valence-electron chi connectivity index (χ0n) is 11.1. The molecular formula is C13H18Hf. The summed E-state index contributed by atoms with van der Waals surface area (Å²) in [6.45, 7) is 6.88. The van der Waals surface area contributed by atoms with Crippen LogP contribution in [-0.2, 0) is 22.9 Å². The van der Waals surface area contributed by atoms with Crippen LogP contribution in [0.5, 0.6) is 0 Å². The van der Waals surface area contributed by atoms with Gasteiger partial charge in [0.1, 0.15) is 0 Å². The molecule has 14 heavy (non-hydrogen) atoms. The topological polar surface area (TPSA) is 0 Å². The van der Waals surface area contributed by atoms with Crippen molar-refractivity contribution in [1.29, 1.82) is 0 Å². The molecule has 0 saturated heterocycles. The first-order valence-corrected chi connectivity index (χ1v) is 8.77. The van der Waals surface area contributed by atoms with Crippen molar-refractivity contribution in [3.8, 4) is 0 Å². The zero-order valence-corrected chi connectivity index (χ0v) is 12.7. The smallest absolute Gasteiger partial charge is 1.00 e. The molecule has 2 aliphatic rings. The fourth-order valence-electron chi connectivity index (χ4n) is 1.95. The Labute approximate surface area is 101 Å². The van der Waals surface area contributed by atoms with Crippen LogP contribution >= 0.6 is 0 Å². The monoisotopic (exact) mass is 354 g/mol. The first-order valence-electron chi connectivity index (χ1n) is 5.17. The largest absolute Gasteiger partial charge is 1.00 e. The third-order valence-corrected chi connectivity index (χ3v) is 8.73. The molecule has 2 rings (SSSR count). The summed E-state index contributed by atoms with van der Waals surface area (Å²) in [6, 6.07) is 0. The Morgan fingerprint density at radius 3 is 2.50 bits per heavy atom. The van der Waals surface area contributed by atoms with Crippen LogP contribution < -0.4 is 0 Å². The van der Waals surface area contributed by atoms with Crippen molar-refractivity contribution in [2.45, 2.75) is 33.6 Å². The van der Waals surface area contributed by atoms with Crippen LogP contribution in [0.25, 0.3) is 0 Å². The van der Waals surface area contributed by atoms with Gasteiger partial charge in [0.15, 0.2) is 0 Å². The van der Waals surface area contributed by atoms with E-state index in [1.807, 2.05) is 3.33 Å². The number of hydrogen-bond acceptors (Lipinski definition) is 0. The molecule has 0 radical (unpaired) electrons. The van der Waals surface area contributed by atoms with Crippen molar-refractivity contribution in [3.05, 3.63) is 41.6 Å². The Bertz CT molecular complexity index is 387. The van der Waals surface area contributed by atoms with Crippen molar-refractivity contribution >= 4 is 0 Å². The van der Waals surface area contributed by atoms with Crippen molar-refractivity contribution in [2.24, 2.45) is 0 Å². The van der Waals surface area contributed by atoms with Gasteiger partial charge in [0.25, 0.3) is 0 Å². The molecule has 0 aromatic heterocycles. The van der Waals surface area contributed by atoms with E-state index in [0.717, 1.165) is 0 Å². The van der Waals surface area contributed by atoms with Gasteiger partial charge < -0.3 is 2.85 Å². The van der Waals surface area contributed by atoms with Gasteiger partial charge >= 0.3 is 98.1 Å². The van der Waals surface area contributed by atoms with Crippen molar-refractivity contribution < 1.29 is 25.8 Å². The Hall–Kier alpha value is -0.170. The van der Waals surface area contributed by atoms with Crippen LogP contribution in [0, 0.1) is 0 Å². The van der Waals surface area contributed by atoms with Crippen LogP contribution in [-0.4, -0.2) is 0 Å². The van der Waals surface area contributed by atoms with E-state index < -0.39 is 22.9 Å². The van der Waals surface area contributed by atoms with Crippen LogP contribution in [0.3, 0.4) is 0 Å². The molecule has 0 bridgehead atoms. The van der Waals surface area contributed by atoms with Crippen LogP contribution in [0.2, 0.25) is 0 Å².